The number of aromatic nitrogens is 2. The third-order valence-corrected chi connectivity index (χ3v) is 4.42. The highest BCUT2D eigenvalue weighted by Crippen LogP contribution is 2.21. The van der Waals surface area contributed by atoms with E-state index in [2.05, 4.69) is 15.6 Å². The SMILES string of the molecule is COCCNC(=O)c1nc(C(=O)NCc2ccccc2)n2c1CCCC2. The summed E-state index contributed by atoms with van der Waals surface area (Å²) < 4.78 is 6.84. The highest BCUT2D eigenvalue weighted by atomic mass is 16.5. The Morgan fingerprint density at radius 1 is 1.15 bits per heavy atom. The molecule has 3 rings (SSSR count). The Balaban J connectivity index is 1.76. The molecule has 1 aliphatic rings. The van der Waals surface area contributed by atoms with Crippen LogP contribution in [0, 0.1) is 0 Å². The predicted molar refractivity (Wildman–Crippen MR) is 97.0 cm³/mol. The van der Waals surface area contributed by atoms with Gasteiger partial charge in [-0.15, -0.1) is 0 Å². The molecular formula is C19H24N4O3. The number of nitrogens with zero attached hydrogens (tertiary/aromatic N) is 2. The van der Waals surface area contributed by atoms with Gasteiger partial charge in [0.15, 0.2) is 5.82 Å². The quantitative estimate of drug-likeness (QED) is 0.737. The van der Waals surface area contributed by atoms with Gasteiger partial charge in [-0.3, -0.25) is 9.59 Å². The van der Waals surface area contributed by atoms with Gasteiger partial charge in [0.1, 0.15) is 5.69 Å². The minimum Gasteiger partial charge on any atom is -0.383 e. The number of rotatable bonds is 7. The lowest BCUT2D eigenvalue weighted by Gasteiger charge is -2.17. The zero-order valence-electron chi connectivity index (χ0n) is 15.0. The fourth-order valence-corrected chi connectivity index (χ4v) is 3.11. The number of amides is 2. The standard InChI is InChI=1S/C19H24N4O3/c1-26-12-10-20-18(24)16-15-9-5-6-11-23(15)17(22-16)19(25)21-13-14-7-3-2-4-8-14/h2-4,7-8H,5-6,9-13H2,1H3,(H,20,24)(H,21,25). The van der Waals surface area contributed by atoms with Crippen LogP contribution < -0.4 is 10.6 Å². The van der Waals surface area contributed by atoms with Crippen LogP contribution in [-0.2, 0) is 24.2 Å². The van der Waals surface area contributed by atoms with Crippen molar-refractivity contribution in [3.63, 3.8) is 0 Å². The van der Waals surface area contributed by atoms with Crippen LogP contribution >= 0.6 is 0 Å². The third-order valence-electron chi connectivity index (χ3n) is 4.42. The topological polar surface area (TPSA) is 85.2 Å². The maximum atomic E-state index is 12.6. The number of hydrogen-bond acceptors (Lipinski definition) is 4. The molecule has 0 saturated carbocycles. The van der Waals surface area contributed by atoms with E-state index in [1.807, 2.05) is 34.9 Å². The van der Waals surface area contributed by atoms with Gasteiger partial charge in [-0.1, -0.05) is 30.3 Å². The Bertz CT molecular complexity index is 771. The fourth-order valence-electron chi connectivity index (χ4n) is 3.11. The largest absolute Gasteiger partial charge is 0.383 e. The lowest BCUT2D eigenvalue weighted by molar-refractivity contribution is 0.0931. The summed E-state index contributed by atoms with van der Waals surface area (Å²) in [4.78, 5) is 29.5. The van der Waals surface area contributed by atoms with Gasteiger partial charge in [-0.2, -0.15) is 0 Å². The zero-order chi connectivity index (χ0) is 18.4. The molecule has 0 unspecified atom stereocenters. The van der Waals surface area contributed by atoms with E-state index in [9.17, 15) is 9.59 Å². The van der Waals surface area contributed by atoms with E-state index in [-0.39, 0.29) is 11.8 Å². The molecule has 138 valence electrons. The summed E-state index contributed by atoms with van der Waals surface area (Å²) in [5.74, 6) is -0.199. The lowest BCUT2D eigenvalue weighted by atomic mass is 10.1. The second-order valence-corrected chi connectivity index (χ2v) is 6.26. The van der Waals surface area contributed by atoms with Gasteiger partial charge >= 0.3 is 0 Å². The highest BCUT2D eigenvalue weighted by molar-refractivity contribution is 5.97. The van der Waals surface area contributed by atoms with Gasteiger partial charge in [0.05, 0.1) is 12.3 Å². The molecule has 26 heavy (non-hydrogen) atoms. The predicted octanol–water partition coefficient (Wildman–Crippen LogP) is 1.53. The molecule has 0 radical (unpaired) electrons. The van der Waals surface area contributed by atoms with Crippen molar-refractivity contribution in [2.24, 2.45) is 0 Å². The number of hydrogen-bond donors (Lipinski definition) is 2. The van der Waals surface area contributed by atoms with Crippen LogP contribution in [0.3, 0.4) is 0 Å². The summed E-state index contributed by atoms with van der Waals surface area (Å²) >= 11 is 0. The van der Waals surface area contributed by atoms with Crippen molar-refractivity contribution in [2.75, 3.05) is 20.3 Å². The Kier molecular flexibility index (Phi) is 6.01. The molecule has 1 aliphatic heterocycles. The van der Waals surface area contributed by atoms with Gasteiger partial charge in [-0.25, -0.2) is 4.98 Å². The summed E-state index contributed by atoms with van der Waals surface area (Å²) in [6.45, 7) is 1.99. The van der Waals surface area contributed by atoms with Crippen molar-refractivity contribution in [3.05, 3.63) is 53.1 Å². The molecule has 7 nitrogen and oxygen atoms in total. The molecule has 0 saturated heterocycles. The first kappa shape index (κ1) is 18.1. The van der Waals surface area contributed by atoms with Crippen LogP contribution in [0.5, 0.6) is 0 Å². The number of imidazole rings is 1. The molecule has 2 amide bonds. The molecule has 2 N–H and O–H groups in total. The van der Waals surface area contributed by atoms with E-state index < -0.39 is 0 Å². The Morgan fingerprint density at radius 3 is 2.73 bits per heavy atom. The second kappa shape index (κ2) is 8.62. The van der Waals surface area contributed by atoms with Crippen LogP contribution in [0.25, 0.3) is 0 Å². The van der Waals surface area contributed by atoms with Crippen LogP contribution in [0.2, 0.25) is 0 Å². The summed E-state index contributed by atoms with van der Waals surface area (Å²) in [6.07, 6.45) is 2.73. The average molecular weight is 356 g/mol. The van der Waals surface area contributed by atoms with Crippen LogP contribution in [-0.4, -0.2) is 41.6 Å². The molecular weight excluding hydrogens is 332 g/mol. The fraction of sp³-hybridized carbons (Fsp3) is 0.421. The van der Waals surface area contributed by atoms with Gasteiger partial charge < -0.3 is 19.9 Å². The number of carbonyl (C=O) groups excluding carboxylic acids is 2. The van der Waals surface area contributed by atoms with Crippen LogP contribution in [0.1, 0.15) is 45.2 Å². The minimum atomic E-state index is -0.257. The second-order valence-electron chi connectivity index (χ2n) is 6.26. The van der Waals surface area contributed by atoms with E-state index in [1.165, 1.54) is 0 Å². The average Bonchev–Trinajstić information content (AvgIpc) is 3.07. The van der Waals surface area contributed by atoms with Gasteiger partial charge in [0, 0.05) is 26.7 Å². The number of ether oxygens (including phenoxy) is 1. The molecule has 7 heteroatoms. The number of fused-ring (bicyclic) bond motifs is 1. The van der Waals surface area contributed by atoms with E-state index in [4.69, 9.17) is 4.74 Å². The number of carbonyl (C=O) groups is 2. The number of methoxy groups -OCH3 is 1. The zero-order valence-corrected chi connectivity index (χ0v) is 15.0. The van der Waals surface area contributed by atoms with Crippen molar-refractivity contribution >= 4 is 11.8 Å². The highest BCUT2D eigenvalue weighted by Gasteiger charge is 2.27. The monoisotopic (exact) mass is 356 g/mol. The van der Waals surface area contributed by atoms with Gasteiger partial charge in [0.2, 0.25) is 0 Å². The van der Waals surface area contributed by atoms with Crippen molar-refractivity contribution in [3.8, 4) is 0 Å². The first-order valence-corrected chi connectivity index (χ1v) is 8.89. The first-order valence-electron chi connectivity index (χ1n) is 8.89. The van der Waals surface area contributed by atoms with Crippen LogP contribution in [0.4, 0.5) is 0 Å². The molecule has 0 fully saturated rings. The third kappa shape index (κ3) is 4.11. The molecule has 0 spiro atoms. The van der Waals surface area contributed by atoms with Gasteiger partial charge in [-0.05, 0) is 24.8 Å². The normalized spacial score (nSPS) is 13.1. The summed E-state index contributed by atoms with van der Waals surface area (Å²) in [5, 5.41) is 5.68. The molecule has 2 heterocycles. The number of nitrogens with one attached hydrogen (secondary N) is 2. The molecule has 1 aromatic carbocycles. The van der Waals surface area contributed by atoms with E-state index in [0.717, 1.165) is 30.5 Å². The summed E-state index contributed by atoms with van der Waals surface area (Å²) in [6, 6.07) is 9.71. The Hall–Kier alpha value is -2.67. The van der Waals surface area contributed by atoms with E-state index in [0.29, 0.717) is 37.8 Å². The molecule has 1 aromatic heterocycles. The smallest absolute Gasteiger partial charge is 0.287 e. The van der Waals surface area contributed by atoms with Crippen molar-refractivity contribution < 1.29 is 14.3 Å². The van der Waals surface area contributed by atoms with Crippen molar-refractivity contribution in [1.29, 1.82) is 0 Å². The maximum absolute atomic E-state index is 12.6. The van der Waals surface area contributed by atoms with Gasteiger partial charge in [0.25, 0.3) is 11.8 Å². The first-order chi connectivity index (χ1) is 12.7. The summed E-state index contributed by atoms with van der Waals surface area (Å²) in [5.41, 5.74) is 2.21. The maximum Gasteiger partial charge on any atom is 0.287 e. The summed E-state index contributed by atoms with van der Waals surface area (Å²) in [7, 11) is 1.58. The lowest BCUT2D eigenvalue weighted by Crippen LogP contribution is -2.28. The number of benzene rings is 1. The van der Waals surface area contributed by atoms with E-state index in [1.54, 1.807) is 7.11 Å². The van der Waals surface area contributed by atoms with E-state index >= 15 is 0 Å². The van der Waals surface area contributed by atoms with Crippen LogP contribution in [0.15, 0.2) is 30.3 Å². The Morgan fingerprint density at radius 2 is 1.96 bits per heavy atom. The molecule has 2 aromatic rings. The Labute approximate surface area is 152 Å². The molecule has 0 aliphatic carbocycles. The van der Waals surface area contributed by atoms with Crippen molar-refractivity contribution in [1.82, 2.24) is 20.2 Å². The molecule has 0 bridgehead atoms. The minimum absolute atomic E-state index is 0.255. The molecule has 0 atom stereocenters. The van der Waals surface area contributed by atoms with Crippen molar-refractivity contribution in [2.45, 2.75) is 32.4 Å².